The Kier molecular flexibility index (Phi) is 5.04. The summed E-state index contributed by atoms with van der Waals surface area (Å²) in [7, 11) is 0. The van der Waals surface area contributed by atoms with E-state index in [1.54, 1.807) is 0 Å². The fourth-order valence-corrected chi connectivity index (χ4v) is 3.48. The van der Waals surface area contributed by atoms with Crippen molar-refractivity contribution in [2.45, 2.75) is 45.2 Å². The van der Waals surface area contributed by atoms with Crippen molar-refractivity contribution in [1.29, 1.82) is 0 Å². The summed E-state index contributed by atoms with van der Waals surface area (Å²) in [5.41, 5.74) is 1.08. The maximum atomic E-state index is 4.52. The lowest BCUT2D eigenvalue weighted by atomic mass is 10.1. The average Bonchev–Trinajstić information content (AvgIpc) is 2.99. The Balaban J connectivity index is 1.49. The first kappa shape index (κ1) is 14.7. The van der Waals surface area contributed by atoms with Crippen LogP contribution in [0.3, 0.4) is 0 Å². The molecule has 1 atom stereocenters. The minimum Gasteiger partial charge on any atom is -0.369 e. The molecule has 3 rings (SSSR count). The molecule has 1 aromatic heterocycles. The molecular formula is C16H27N5. The van der Waals surface area contributed by atoms with Crippen molar-refractivity contribution < 1.29 is 0 Å². The predicted molar refractivity (Wildman–Crippen MR) is 85.3 cm³/mol. The van der Waals surface area contributed by atoms with E-state index in [0.717, 1.165) is 30.6 Å². The van der Waals surface area contributed by atoms with Crippen LogP contribution in [0.1, 0.15) is 38.3 Å². The first-order chi connectivity index (χ1) is 10.3. The van der Waals surface area contributed by atoms with E-state index >= 15 is 0 Å². The van der Waals surface area contributed by atoms with E-state index < -0.39 is 0 Å². The van der Waals surface area contributed by atoms with Gasteiger partial charge in [-0.1, -0.05) is 6.42 Å². The third-order valence-corrected chi connectivity index (χ3v) is 4.60. The first-order valence-corrected chi connectivity index (χ1v) is 8.36. The van der Waals surface area contributed by atoms with Crippen LogP contribution < -0.4 is 5.32 Å². The molecule has 3 heterocycles. The van der Waals surface area contributed by atoms with Crippen LogP contribution >= 0.6 is 0 Å². The van der Waals surface area contributed by atoms with E-state index in [0.29, 0.717) is 0 Å². The standard InChI is InChI=1S/C16H27N5/c1-2-17-16-11-18-14(10-19-16)12-20-9-6-15(13-20)21-7-4-3-5-8-21/h10-11,15H,2-9,12-13H2,1H3,(H,17,19). The van der Waals surface area contributed by atoms with Crippen LogP contribution in [0, 0.1) is 0 Å². The number of nitrogens with one attached hydrogen (secondary N) is 1. The molecule has 1 aromatic rings. The normalized spacial score (nSPS) is 24.3. The SMILES string of the molecule is CCNc1cnc(CN2CCC(N3CCCCC3)C2)cn1. The minimum absolute atomic E-state index is 0.763. The summed E-state index contributed by atoms with van der Waals surface area (Å²) in [4.78, 5) is 14.1. The van der Waals surface area contributed by atoms with E-state index in [-0.39, 0.29) is 0 Å². The van der Waals surface area contributed by atoms with Crippen molar-refractivity contribution in [3.63, 3.8) is 0 Å². The van der Waals surface area contributed by atoms with Gasteiger partial charge in [0.1, 0.15) is 5.82 Å². The van der Waals surface area contributed by atoms with Crippen molar-refractivity contribution >= 4 is 5.82 Å². The Labute approximate surface area is 127 Å². The Morgan fingerprint density at radius 1 is 1.14 bits per heavy atom. The number of likely N-dealkylation sites (tertiary alicyclic amines) is 2. The largest absolute Gasteiger partial charge is 0.369 e. The highest BCUT2D eigenvalue weighted by atomic mass is 15.3. The van der Waals surface area contributed by atoms with Crippen LogP contribution in [0.5, 0.6) is 0 Å². The van der Waals surface area contributed by atoms with Gasteiger partial charge in [-0.25, -0.2) is 4.98 Å². The molecule has 0 aromatic carbocycles. The zero-order valence-corrected chi connectivity index (χ0v) is 13.1. The predicted octanol–water partition coefficient (Wildman–Crippen LogP) is 1.97. The van der Waals surface area contributed by atoms with E-state index in [1.807, 2.05) is 12.4 Å². The van der Waals surface area contributed by atoms with Crippen LogP contribution in [0.2, 0.25) is 0 Å². The quantitative estimate of drug-likeness (QED) is 0.898. The van der Waals surface area contributed by atoms with Gasteiger partial charge >= 0.3 is 0 Å². The monoisotopic (exact) mass is 289 g/mol. The Bertz CT molecular complexity index is 427. The van der Waals surface area contributed by atoms with Crippen molar-refractivity contribution in [2.75, 3.05) is 38.0 Å². The third kappa shape index (κ3) is 3.92. The topological polar surface area (TPSA) is 44.3 Å². The lowest BCUT2D eigenvalue weighted by Gasteiger charge is -2.32. The highest BCUT2D eigenvalue weighted by molar-refractivity contribution is 5.30. The van der Waals surface area contributed by atoms with Crippen molar-refractivity contribution in [3.05, 3.63) is 18.1 Å². The Morgan fingerprint density at radius 2 is 2.00 bits per heavy atom. The van der Waals surface area contributed by atoms with E-state index in [4.69, 9.17) is 0 Å². The minimum atomic E-state index is 0.763. The lowest BCUT2D eigenvalue weighted by Crippen LogP contribution is -2.40. The highest BCUT2D eigenvalue weighted by Crippen LogP contribution is 2.21. The molecule has 0 aliphatic carbocycles. The van der Waals surface area contributed by atoms with Gasteiger partial charge < -0.3 is 5.32 Å². The van der Waals surface area contributed by atoms with E-state index in [9.17, 15) is 0 Å². The van der Waals surface area contributed by atoms with Crippen LogP contribution in [-0.2, 0) is 6.54 Å². The molecule has 2 saturated heterocycles. The molecule has 1 unspecified atom stereocenters. The zero-order chi connectivity index (χ0) is 14.5. The maximum absolute atomic E-state index is 4.52. The first-order valence-electron chi connectivity index (χ1n) is 8.36. The number of aromatic nitrogens is 2. The van der Waals surface area contributed by atoms with Gasteiger partial charge in [0.2, 0.25) is 0 Å². The molecule has 5 nitrogen and oxygen atoms in total. The fraction of sp³-hybridized carbons (Fsp3) is 0.750. The molecule has 0 spiro atoms. The average molecular weight is 289 g/mol. The summed E-state index contributed by atoms with van der Waals surface area (Å²) in [6.45, 7) is 8.88. The summed E-state index contributed by atoms with van der Waals surface area (Å²) in [5, 5.41) is 3.18. The number of rotatable bonds is 5. The van der Waals surface area contributed by atoms with Gasteiger partial charge in [-0.15, -0.1) is 0 Å². The molecule has 0 saturated carbocycles. The van der Waals surface area contributed by atoms with Crippen molar-refractivity contribution in [3.8, 4) is 0 Å². The number of hydrogen-bond donors (Lipinski definition) is 1. The van der Waals surface area contributed by atoms with Crippen LogP contribution in [-0.4, -0.2) is 58.5 Å². The third-order valence-electron chi connectivity index (χ3n) is 4.60. The summed E-state index contributed by atoms with van der Waals surface area (Å²) in [6, 6.07) is 0.763. The van der Waals surface area contributed by atoms with Gasteiger partial charge in [-0.05, 0) is 39.3 Å². The summed E-state index contributed by atoms with van der Waals surface area (Å²) < 4.78 is 0. The molecule has 1 N–H and O–H groups in total. The second-order valence-corrected chi connectivity index (χ2v) is 6.20. The number of piperidine rings is 1. The fourth-order valence-electron chi connectivity index (χ4n) is 3.48. The molecule has 0 amide bonds. The van der Waals surface area contributed by atoms with Gasteiger partial charge in [-0.3, -0.25) is 14.8 Å². The molecule has 2 aliphatic rings. The molecule has 2 fully saturated rings. The summed E-state index contributed by atoms with van der Waals surface area (Å²) in [6.07, 6.45) is 9.24. The molecular weight excluding hydrogens is 262 g/mol. The lowest BCUT2D eigenvalue weighted by molar-refractivity contribution is 0.161. The number of nitrogens with zero attached hydrogens (tertiary/aromatic N) is 4. The summed E-state index contributed by atoms with van der Waals surface area (Å²) in [5.74, 6) is 0.869. The van der Waals surface area contributed by atoms with Crippen LogP contribution in [0.4, 0.5) is 5.82 Å². The number of hydrogen-bond acceptors (Lipinski definition) is 5. The zero-order valence-electron chi connectivity index (χ0n) is 13.1. The van der Waals surface area contributed by atoms with Crippen LogP contribution in [0.15, 0.2) is 12.4 Å². The Morgan fingerprint density at radius 3 is 2.71 bits per heavy atom. The van der Waals surface area contributed by atoms with E-state index in [1.165, 1.54) is 51.9 Å². The second-order valence-electron chi connectivity index (χ2n) is 6.20. The van der Waals surface area contributed by atoms with Gasteiger partial charge in [0.15, 0.2) is 0 Å². The van der Waals surface area contributed by atoms with Gasteiger partial charge in [0.25, 0.3) is 0 Å². The van der Waals surface area contributed by atoms with Gasteiger partial charge in [0.05, 0.1) is 18.1 Å². The molecule has 21 heavy (non-hydrogen) atoms. The van der Waals surface area contributed by atoms with Crippen molar-refractivity contribution in [2.24, 2.45) is 0 Å². The molecule has 5 heteroatoms. The Hall–Kier alpha value is -1.20. The van der Waals surface area contributed by atoms with Gasteiger partial charge in [-0.2, -0.15) is 0 Å². The molecule has 2 aliphatic heterocycles. The summed E-state index contributed by atoms with van der Waals surface area (Å²) >= 11 is 0. The number of anilines is 1. The maximum Gasteiger partial charge on any atom is 0.144 e. The van der Waals surface area contributed by atoms with Crippen molar-refractivity contribution in [1.82, 2.24) is 19.8 Å². The van der Waals surface area contributed by atoms with Crippen LogP contribution in [0.25, 0.3) is 0 Å². The molecule has 0 bridgehead atoms. The molecule has 116 valence electrons. The second kappa shape index (κ2) is 7.18. The highest BCUT2D eigenvalue weighted by Gasteiger charge is 2.28. The van der Waals surface area contributed by atoms with E-state index in [2.05, 4.69) is 32.0 Å². The smallest absolute Gasteiger partial charge is 0.144 e. The van der Waals surface area contributed by atoms with Gasteiger partial charge in [0, 0.05) is 32.2 Å². The molecule has 0 radical (unpaired) electrons.